The van der Waals surface area contributed by atoms with Crippen LogP contribution in [0.2, 0.25) is 5.02 Å². The molecule has 1 amide bonds. The van der Waals surface area contributed by atoms with Gasteiger partial charge in [-0.25, -0.2) is 19.6 Å². The van der Waals surface area contributed by atoms with Crippen LogP contribution in [0, 0.1) is 13.8 Å². The van der Waals surface area contributed by atoms with E-state index in [0.29, 0.717) is 46.2 Å². The molecular weight excluding hydrogens is 432 g/mol. The zero-order chi connectivity index (χ0) is 23.0. The largest absolute Gasteiger partial charge is 0.382 e. The molecule has 1 aromatic carbocycles. The molecule has 1 atom stereocenters. The standard InChI is InChI=1S/C21H25ClN8O2/c1-11-12(2)26-18(23)17(25-11)20(31)27-13(3)19-28-15-6-4-5-14(22)16(15)21(32)30(19)29-9-7-24-8-10-29/h4-6,13,24H,7-10H2,1-3H3,(H2,23,26)(H,27,31). The number of nitrogens with two attached hydrogens (primary N) is 1. The van der Waals surface area contributed by atoms with Crippen LogP contribution >= 0.6 is 11.6 Å². The van der Waals surface area contributed by atoms with Gasteiger partial charge in [-0.2, -0.15) is 0 Å². The first-order valence-electron chi connectivity index (χ1n) is 10.4. The highest BCUT2D eigenvalue weighted by Crippen LogP contribution is 2.21. The van der Waals surface area contributed by atoms with Crippen molar-refractivity contribution >= 4 is 34.2 Å². The van der Waals surface area contributed by atoms with Crippen LogP contribution in [0.25, 0.3) is 10.9 Å². The summed E-state index contributed by atoms with van der Waals surface area (Å²) in [7, 11) is 0. The lowest BCUT2D eigenvalue weighted by Gasteiger charge is -2.33. The Hall–Kier alpha value is -3.24. The Labute approximate surface area is 189 Å². The summed E-state index contributed by atoms with van der Waals surface area (Å²) in [6, 6.07) is 4.53. The Morgan fingerprint density at radius 3 is 2.59 bits per heavy atom. The van der Waals surface area contributed by atoms with Crippen LogP contribution in [0.5, 0.6) is 0 Å². The zero-order valence-corrected chi connectivity index (χ0v) is 18.9. The third-order valence-corrected chi connectivity index (χ3v) is 5.82. The lowest BCUT2D eigenvalue weighted by Crippen LogP contribution is -2.54. The van der Waals surface area contributed by atoms with E-state index in [9.17, 15) is 9.59 Å². The molecule has 3 aromatic rings. The summed E-state index contributed by atoms with van der Waals surface area (Å²) in [6.07, 6.45) is 0. The number of nitrogen functional groups attached to an aromatic ring is 1. The average molecular weight is 457 g/mol. The molecule has 0 aliphatic carbocycles. The number of amides is 1. The van der Waals surface area contributed by atoms with E-state index in [0.717, 1.165) is 13.1 Å². The number of rotatable bonds is 4. The third-order valence-electron chi connectivity index (χ3n) is 5.51. The van der Waals surface area contributed by atoms with Crippen molar-refractivity contribution in [3.63, 3.8) is 0 Å². The van der Waals surface area contributed by atoms with Crippen LogP contribution in [0.15, 0.2) is 23.0 Å². The van der Waals surface area contributed by atoms with E-state index < -0.39 is 11.9 Å². The van der Waals surface area contributed by atoms with Crippen LogP contribution in [0.4, 0.5) is 5.82 Å². The molecule has 32 heavy (non-hydrogen) atoms. The number of benzene rings is 1. The van der Waals surface area contributed by atoms with Crippen LogP contribution < -0.4 is 26.9 Å². The molecule has 0 radical (unpaired) electrons. The topological polar surface area (TPSA) is 131 Å². The average Bonchev–Trinajstić information content (AvgIpc) is 2.76. The number of piperazine rings is 1. The van der Waals surface area contributed by atoms with Crippen molar-refractivity contribution in [1.29, 1.82) is 0 Å². The third kappa shape index (κ3) is 3.98. The second kappa shape index (κ2) is 8.71. The van der Waals surface area contributed by atoms with E-state index >= 15 is 0 Å². The van der Waals surface area contributed by atoms with Crippen molar-refractivity contribution in [2.75, 3.05) is 36.9 Å². The molecule has 1 aliphatic rings. The monoisotopic (exact) mass is 456 g/mol. The second-order valence-corrected chi connectivity index (χ2v) is 8.16. The van der Waals surface area contributed by atoms with Gasteiger partial charge in [0.05, 0.1) is 33.4 Å². The molecule has 2 aromatic heterocycles. The maximum absolute atomic E-state index is 13.5. The minimum absolute atomic E-state index is 0.0415. The summed E-state index contributed by atoms with van der Waals surface area (Å²) in [5, 5.41) is 8.73. The number of aromatic nitrogens is 4. The molecular formula is C21H25ClN8O2. The van der Waals surface area contributed by atoms with Crippen molar-refractivity contribution < 1.29 is 4.79 Å². The van der Waals surface area contributed by atoms with Crippen molar-refractivity contribution in [3.05, 3.63) is 56.5 Å². The molecule has 1 fully saturated rings. The Kier molecular flexibility index (Phi) is 5.98. The van der Waals surface area contributed by atoms with E-state index in [1.165, 1.54) is 4.68 Å². The van der Waals surface area contributed by atoms with Crippen molar-refractivity contribution in [2.45, 2.75) is 26.8 Å². The van der Waals surface area contributed by atoms with Gasteiger partial charge in [0.2, 0.25) is 0 Å². The summed E-state index contributed by atoms with van der Waals surface area (Å²) in [6.45, 7) is 7.98. The maximum Gasteiger partial charge on any atom is 0.281 e. The molecule has 0 saturated carbocycles. The van der Waals surface area contributed by atoms with Gasteiger partial charge in [0.25, 0.3) is 11.5 Å². The fraction of sp³-hybridized carbons (Fsp3) is 0.381. The predicted octanol–water partition coefficient (Wildman–Crippen LogP) is 1.07. The van der Waals surface area contributed by atoms with E-state index in [1.54, 1.807) is 39.0 Å². The zero-order valence-electron chi connectivity index (χ0n) is 18.1. The number of carbonyl (C=O) groups excluding carboxylic acids is 1. The van der Waals surface area contributed by atoms with Gasteiger partial charge < -0.3 is 21.4 Å². The number of hydrogen-bond donors (Lipinski definition) is 3. The molecule has 10 nitrogen and oxygen atoms in total. The SMILES string of the molecule is Cc1nc(N)c(C(=O)NC(C)c2nc3cccc(Cl)c3c(=O)n2N2CCNCC2)nc1C. The van der Waals surface area contributed by atoms with Crippen molar-refractivity contribution in [3.8, 4) is 0 Å². The van der Waals surface area contributed by atoms with Gasteiger partial charge in [-0.05, 0) is 32.9 Å². The smallest absolute Gasteiger partial charge is 0.281 e. The van der Waals surface area contributed by atoms with Gasteiger partial charge in [0.1, 0.15) is 0 Å². The molecule has 0 spiro atoms. The minimum atomic E-state index is -0.615. The number of anilines is 1. The van der Waals surface area contributed by atoms with E-state index in [4.69, 9.17) is 22.3 Å². The number of halogens is 1. The fourth-order valence-corrected chi connectivity index (χ4v) is 3.97. The lowest BCUT2D eigenvalue weighted by atomic mass is 10.2. The maximum atomic E-state index is 13.5. The molecule has 0 bridgehead atoms. The number of carbonyl (C=O) groups is 1. The number of aryl methyl sites for hydroxylation is 2. The molecule has 1 unspecified atom stereocenters. The van der Waals surface area contributed by atoms with E-state index in [-0.39, 0.29) is 17.1 Å². The van der Waals surface area contributed by atoms with Gasteiger partial charge >= 0.3 is 0 Å². The Morgan fingerprint density at radius 1 is 1.19 bits per heavy atom. The van der Waals surface area contributed by atoms with E-state index in [1.807, 2.05) is 5.01 Å². The van der Waals surface area contributed by atoms with Crippen LogP contribution in [0.3, 0.4) is 0 Å². The minimum Gasteiger partial charge on any atom is -0.382 e. The second-order valence-electron chi connectivity index (χ2n) is 7.75. The van der Waals surface area contributed by atoms with Gasteiger partial charge in [0.15, 0.2) is 17.3 Å². The summed E-state index contributed by atoms with van der Waals surface area (Å²) >= 11 is 6.33. The van der Waals surface area contributed by atoms with E-state index in [2.05, 4.69) is 20.6 Å². The lowest BCUT2D eigenvalue weighted by molar-refractivity contribution is 0.0932. The van der Waals surface area contributed by atoms with Crippen LogP contribution in [-0.2, 0) is 0 Å². The van der Waals surface area contributed by atoms with Gasteiger partial charge in [-0.1, -0.05) is 17.7 Å². The molecule has 168 valence electrons. The fourth-order valence-electron chi connectivity index (χ4n) is 3.72. The van der Waals surface area contributed by atoms with Gasteiger partial charge in [-0.3, -0.25) is 9.59 Å². The summed E-state index contributed by atoms with van der Waals surface area (Å²) in [5.74, 6) is -0.0381. The first-order chi connectivity index (χ1) is 15.3. The number of hydrogen-bond acceptors (Lipinski definition) is 8. The normalized spacial score (nSPS) is 15.1. The first kappa shape index (κ1) is 22.0. The highest BCUT2D eigenvalue weighted by molar-refractivity contribution is 6.35. The number of nitrogens with zero attached hydrogens (tertiary/aromatic N) is 5. The summed E-state index contributed by atoms with van der Waals surface area (Å²) in [4.78, 5) is 39.6. The summed E-state index contributed by atoms with van der Waals surface area (Å²) in [5.41, 5.74) is 7.45. The van der Waals surface area contributed by atoms with Gasteiger partial charge in [-0.15, -0.1) is 0 Å². The highest BCUT2D eigenvalue weighted by Gasteiger charge is 2.25. The van der Waals surface area contributed by atoms with Crippen molar-refractivity contribution in [2.24, 2.45) is 0 Å². The molecule has 1 aliphatic heterocycles. The van der Waals surface area contributed by atoms with Crippen LogP contribution in [0.1, 0.15) is 40.7 Å². The Bertz CT molecular complexity index is 1250. The predicted molar refractivity (Wildman–Crippen MR) is 124 cm³/mol. The molecule has 11 heteroatoms. The highest BCUT2D eigenvalue weighted by atomic mass is 35.5. The van der Waals surface area contributed by atoms with Gasteiger partial charge in [0, 0.05) is 26.2 Å². The summed E-state index contributed by atoms with van der Waals surface area (Å²) < 4.78 is 1.52. The number of nitrogens with one attached hydrogen (secondary N) is 2. The van der Waals surface area contributed by atoms with Crippen molar-refractivity contribution in [1.82, 2.24) is 30.3 Å². The number of fused-ring (bicyclic) bond motifs is 1. The first-order valence-corrected chi connectivity index (χ1v) is 10.7. The molecule has 4 rings (SSSR count). The Morgan fingerprint density at radius 2 is 1.88 bits per heavy atom. The molecule has 1 saturated heterocycles. The molecule has 3 heterocycles. The quantitative estimate of drug-likeness (QED) is 0.531. The van der Waals surface area contributed by atoms with Crippen LogP contribution in [-0.4, -0.2) is 51.7 Å². The Balaban J connectivity index is 1.78. The molecule has 4 N–H and O–H groups in total.